The molecule has 0 atom stereocenters. The number of halogens is 2. The van der Waals surface area contributed by atoms with Gasteiger partial charge < -0.3 is 5.32 Å². The van der Waals surface area contributed by atoms with Crippen molar-refractivity contribution in [3.05, 3.63) is 26.6 Å². The molecular formula is C13H18Br2N2O2S. The largest absolute Gasteiger partial charge is 0.317 e. The van der Waals surface area contributed by atoms with Crippen molar-refractivity contribution in [1.82, 2.24) is 10.0 Å². The maximum absolute atomic E-state index is 12.6. The Balaban J connectivity index is 2.33. The molecule has 7 heteroatoms. The van der Waals surface area contributed by atoms with Crippen molar-refractivity contribution >= 4 is 41.9 Å². The summed E-state index contributed by atoms with van der Waals surface area (Å²) in [5.41, 5.74) is 0.602. The molecule has 0 bridgehead atoms. The number of nitrogens with one attached hydrogen (secondary N) is 2. The van der Waals surface area contributed by atoms with Crippen molar-refractivity contribution in [1.29, 1.82) is 0 Å². The molecule has 0 radical (unpaired) electrons. The Hall–Kier alpha value is 0.0500. The zero-order valence-electron chi connectivity index (χ0n) is 11.5. The molecule has 1 aliphatic rings. The van der Waals surface area contributed by atoms with Gasteiger partial charge in [-0.05, 0) is 73.4 Å². The van der Waals surface area contributed by atoms with Crippen molar-refractivity contribution in [3.8, 4) is 0 Å². The monoisotopic (exact) mass is 424 g/mol. The van der Waals surface area contributed by atoms with E-state index < -0.39 is 10.0 Å². The second-order valence-corrected chi connectivity index (χ2v) is 8.81. The maximum atomic E-state index is 12.6. The Kier molecular flexibility index (Phi) is 4.96. The Labute approximate surface area is 137 Å². The average Bonchev–Trinajstić information content (AvgIpc) is 2.33. The molecule has 1 aromatic carbocycles. The topological polar surface area (TPSA) is 58.2 Å². The van der Waals surface area contributed by atoms with Crippen LogP contribution in [0.3, 0.4) is 0 Å². The Morgan fingerprint density at radius 1 is 1.20 bits per heavy atom. The first kappa shape index (κ1) is 16.4. The number of hydrogen-bond acceptors (Lipinski definition) is 3. The number of piperidine rings is 1. The van der Waals surface area contributed by atoms with E-state index in [-0.39, 0.29) is 10.4 Å². The van der Waals surface area contributed by atoms with Crippen molar-refractivity contribution in [3.63, 3.8) is 0 Å². The molecule has 2 N–H and O–H groups in total. The summed E-state index contributed by atoms with van der Waals surface area (Å²) in [4.78, 5) is 0.273. The van der Waals surface area contributed by atoms with Gasteiger partial charge in [0.1, 0.15) is 0 Å². The van der Waals surface area contributed by atoms with Crippen LogP contribution in [0.2, 0.25) is 0 Å². The number of rotatable bonds is 3. The third kappa shape index (κ3) is 3.62. The lowest BCUT2D eigenvalue weighted by Crippen LogP contribution is -2.52. The van der Waals surface area contributed by atoms with Crippen molar-refractivity contribution in [2.75, 3.05) is 13.1 Å². The third-order valence-electron chi connectivity index (χ3n) is 3.59. The molecule has 0 saturated carbocycles. The SMILES string of the molecule is Cc1cc(Br)c(S(=O)(=O)NC2(C)CCNCC2)cc1Br. The molecule has 0 aromatic heterocycles. The van der Waals surface area contributed by atoms with Crippen molar-refractivity contribution in [2.45, 2.75) is 37.1 Å². The quantitative estimate of drug-likeness (QED) is 0.782. The van der Waals surface area contributed by atoms with Crippen LogP contribution in [0.1, 0.15) is 25.3 Å². The van der Waals surface area contributed by atoms with Crippen LogP contribution in [-0.2, 0) is 10.0 Å². The van der Waals surface area contributed by atoms with Crippen LogP contribution >= 0.6 is 31.9 Å². The van der Waals surface area contributed by atoms with Crippen LogP contribution in [0.4, 0.5) is 0 Å². The zero-order chi connectivity index (χ0) is 15.0. The molecule has 1 aromatic rings. The van der Waals surface area contributed by atoms with E-state index >= 15 is 0 Å². The van der Waals surface area contributed by atoms with Gasteiger partial charge in [-0.1, -0.05) is 15.9 Å². The number of hydrogen-bond donors (Lipinski definition) is 2. The van der Waals surface area contributed by atoms with Crippen LogP contribution in [0.5, 0.6) is 0 Å². The second kappa shape index (κ2) is 6.04. The van der Waals surface area contributed by atoms with E-state index in [9.17, 15) is 8.42 Å². The maximum Gasteiger partial charge on any atom is 0.242 e. The Morgan fingerprint density at radius 3 is 2.40 bits per heavy atom. The van der Waals surface area contributed by atoms with Crippen LogP contribution in [0.25, 0.3) is 0 Å². The molecule has 1 aliphatic heterocycles. The fraction of sp³-hybridized carbons (Fsp3) is 0.538. The zero-order valence-corrected chi connectivity index (χ0v) is 15.5. The van der Waals surface area contributed by atoms with Gasteiger partial charge in [-0.2, -0.15) is 0 Å². The summed E-state index contributed by atoms with van der Waals surface area (Å²) >= 11 is 6.74. The minimum atomic E-state index is -3.54. The number of sulfonamides is 1. The molecular weight excluding hydrogens is 408 g/mol. The van der Waals surface area contributed by atoms with E-state index in [0.29, 0.717) is 4.47 Å². The van der Waals surface area contributed by atoms with E-state index in [1.165, 1.54) is 0 Å². The fourth-order valence-corrected chi connectivity index (χ4v) is 5.44. The minimum Gasteiger partial charge on any atom is -0.317 e. The highest BCUT2D eigenvalue weighted by Crippen LogP contribution is 2.30. The van der Waals surface area contributed by atoms with Crippen molar-refractivity contribution in [2.24, 2.45) is 0 Å². The molecule has 0 unspecified atom stereocenters. The first-order valence-electron chi connectivity index (χ1n) is 6.44. The van der Waals surface area contributed by atoms with Gasteiger partial charge in [0.05, 0.1) is 4.90 Å². The summed E-state index contributed by atoms with van der Waals surface area (Å²) in [6, 6.07) is 3.45. The Morgan fingerprint density at radius 2 is 1.80 bits per heavy atom. The molecule has 2 rings (SSSR count). The van der Waals surface area contributed by atoms with Gasteiger partial charge in [0.25, 0.3) is 0 Å². The van der Waals surface area contributed by atoms with Gasteiger partial charge in [-0.25, -0.2) is 13.1 Å². The summed E-state index contributed by atoms with van der Waals surface area (Å²) in [5, 5.41) is 3.24. The highest BCUT2D eigenvalue weighted by molar-refractivity contribution is 9.11. The van der Waals surface area contributed by atoms with E-state index in [4.69, 9.17) is 0 Å². The van der Waals surface area contributed by atoms with E-state index in [2.05, 4.69) is 41.9 Å². The van der Waals surface area contributed by atoms with E-state index in [1.54, 1.807) is 6.07 Å². The molecule has 0 amide bonds. The van der Waals surface area contributed by atoms with Gasteiger partial charge in [0, 0.05) is 14.5 Å². The third-order valence-corrected chi connectivity index (χ3v) is 7.04. The molecule has 1 saturated heterocycles. The lowest BCUT2D eigenvalue weighted by Gasteiger charge is -2.34. The lowest BCUT2D eigenvalue weighted by molar-refractivity contribution is 0.308. The highest BCUT2D eigenvalue weighted by Gasteiger charge is 2.33. The number of benzene rings is 1. The normalized spacial score (nSPS) is 19.0. The molecule has 4 nitrogen and oxygen atoms in total. The van der Waals surface area contributed by atoms with Crippen LogP contribution < -0.4 is 10.0 Å². The second-order valence-electron chi connectivity index (χ2n) is 5.45. The van der Waals surface area contributed by atoms with Crippen LogP contribution in [0, 0.1) is 6.92 Å². The standard InChI is InChI=1S/C13H18Br2N2O2S/c1-9-7-11(15)12(8-10(9)14)20(18,19)17-13(2)3-5-16-6-4-13/h7-8,16-17H,3-6H2,1-2H3. The highest BCUT2D eigenvalue weighted by atomic mass is 79.9. The van der Waals surface area contributed by atoms with Gasteiger partial charge in [0.15, 0.2) is 0 Å². The summed E-state index contributed by atoms with van der Waals surface area (Å²) in [6.45, 7) is 5.55. The Bertz CT molecular complexity index is 611. The summed E-state index contributed by atoms with van der Waals surface area (Å²) in [7, 11) is -3.54. The average molecular weight is 426 g/mol. The van der Waals surface area contributed by atoms with Crippen LogP contribution in [-0.4, -0.2) is 27.0 Å². The van der Waals surface area contributed by atoms with E-state index in [1.807, 2.05) is 19.9 Å². The summed E-state index contributed by atoms with van der Waals surface area (Å²) in [6.07, 6.45) is 1.58. The molecule has 1 heterocycles. The smallest absolute Gasteiger partial charge is 0.242 e. The first-order chi connectivity index (χ1) is 9.23. The van der Waals surface area contributed by atoms with E-state index in [0.717, 1.165) is 36.0 Å². The van der Waals surface area contributed by atoms with Gasteiger partial charge in [-0.15, -0.1) is 0 Å². The lowest BCUT2D eigenvalue weighted by atomic mass is 9.92. The van der Waals surface area contributed by atoms with Gasteiger partial charge in [-0.3, -0.25) is 0 Å². The van der Waals surface area contributed by atoms with Crippen LogP contribution in [0.15, 0.2) is 26.0 Å². The first-order valence-corrected chi connectivity index (χ1v) is 9.51. The molecule has 1 fully saturated rings. The van der Waals surface area contributed by atoms with Gasteiger partial charge in [0.2, 0.25) is 10.0 Å². The van der Waals surface area contributed by atoms with Gasteiger partial charge >= 0.3 is 0 Å². The molecule has 112 valence electrons. The molecule has 0 spiro atoms. The van der Waals surface area contributed by atoms with Crippen molar-refractivity contribution < 1.29 is 8.42 Å². The number of aryl methyl sites for hydroxylation is 1. The minimum absolute atomic E-state index is 0.273. The fourth-order valence-electron chi connectivity index (χ4n) is 2.29. The molecule has 0 aliphatic carbocycles. The molecule has 20 heavy (non-hydrogen) atoms. The summed E-state index contributed by atoms with van der Waals surface area (Å²) in [5.74, 6) is 0. The predicted octanol–water partition coefficient (Wildman–Crippen LogP) is 2.94. The predicted molar refractivity (Wildman–Crippen MR) is 87.4 cm³/mol. The summed E-state index contributed by atoms with van der Waals surface area (Å²) < 4.78 is 29.4.